The lowest BCUT2D eigenvalue weighted by Gasteiger charge is -2.07. The first kappa shape index (κ1) is 14.2. The summed E-state index contributed by atoms with van der Waals surface area (Å²) in [5.74, 6) is 0.267. The van der Waals surface area contributed by atoms with Crippen molar-refractivity contribution in [1.82, 2.24) is 15.2 Å². The maximum Gasteiger partial charge on any atom is 0.295 e. The quantitative estimate of drug-likeness (QED) is 0.796. The van der Waals surface area contributed by atoms with Crippen LogP contribution in [0, 0.1) is 6.92 Å². The van der Waals surface area contributed by atoms with E-state index in [1.807, 2.05) is 6.92 Å². The number of carbonyl (C=O) groups excluding carboxylic acids is 1. The van der Waals surface area contributed by atoms with Gasteiger partial charge in [0.05, 0.1) is 18.9 Å². The number of ether oxygens (including phenoxy) is 1. The lowest BCUT2D eigenvalue weighted by Crippen LogP contribution is -2.13. The first-order valence-electron chi connectivity index (χ1n) is 6.36. The molecule has 0 aliphatic rings. The minimum Gasteiger partial charge on any atom is -0.472 e. The van der Waals surface area contributed by atoms with Crippen molar-refractivity contribution in [3.63, 3.8) is 0 Å². The molecule has 7 nitrogen and oxygen atoms in total. The lowest BCUT2D eigenvalue weighted by molar-refractivity contribution is 0.102. The predicted molar refractivity (Wildman–Crippen MR) is 81.1 cm³/mol. The monoisotopic (exact) mass is 316 g/mol. The predicted octanol–water partition coefficient (Wildman–Crippen LogP) is 2.76. The third-order valence-corrected chi connectivity index (χ3v) is 3.67. The van der Waals surface area contributed by atoms with Crippen molar-refractivity contribution in [3.05, 3.63) is 41.9 Å². The van der Waals surface area contributed by atoms with Gasteiger partial charge in [-0.25, -0.2) is 0 Å². The van der Waals surface area contributed by atoms with Gasteiger partial charge in [-0.2, -0.15) is 0 Å². The lowest BCUT2D eigenvalue weighted by atomic mass is 10.1. The van der Waals surface area contributed by atoms with E-state index in [0.29, 0.717) is 27.2 Å². The van der Waals surface area contributed by atoms with Crippen molar-refractivity contribution in [2.24, 2.45) is 0 Å². The zero-order chi connectivity index (χ0) is 15.5. The molecule has 0 aliphatic carbocycles. The first-order valence-corrected chi connectivity index (χ1v) is 7.18. The zero-order valence-electron chi connectivity index (χ0n) is 11.9. The maximum atomic E-state index is 12.4. The fourth-order valence-corrected chi connectivity index (χ4v) is 2.44. The van der Waals surface area contributed by atoms with E-state index in [4.69, 9.17) is 9.15 Å². The molecule has 0 unspecified atom stereocenters. The largest absolute Gasteiger partial charge is 0.472 e. The van der Waals surface area contributed by atoms with E-state index in [1.54, 1.807) is 24.5 Å². The van der Waals surface area contributed by atoms with Gasteiger partial charge in [-0.05, 0) is 36.5 Å². The highest BCUT2D eigenvalue weighted by molar-refractivity contribution is 7.17. The van der Waals surface area contributed by atoms with E-state index in [0.717, 1.165) is 17.0 Å². The number of amides is 1. The van der Waals surface area contributed by atoms with E-state index in [2.05, 4.69) is 20.5 Å². The maximum absolute atomic E-state index is 12.4. The number of hydrogen-bond acceptors (Lipinski definition) is 7. The summed E-state index contributed by atoms with van der Waals surface area (Å²) in [7, 11) is 1.49. The molecule has 3 rings (SSSR count). The third kappa shape index (κ3) is 2.82. The van der Waals surface area contributed by atoms with E-state index in [-0.39, 0.29) is 5.91 Å². The van der Waals surface area contributed by atoms with Crippen molar-refractivity contribution in [2.75, 3.05) is 12.4 Å². The van der Waals surface area contributed by atoms with Gasteiger partial charge in [0.15, 0.2) is 0 Å². The van der Waals surface area contributed by atoms with E-state index >= 15 is 0 Å². The van der Waals surface area contributed by atoms with Gasteiger partial charge in [0.2, 0.25) is 5.13 Å². The molecule has 3 heterocycles. The van der Waals surface area contributed by atoms with Crippen molar-refractivity contribution < 1.29 is 13.9 Å². The van der Waals surface area contributed by atoms with Crippen LogP contribution in [0.25, 0.3) is 11.3 Å². The Morgan fingerprint density at radius 3 is 2.95 bits per heavy atom. The number of carbonyl (C=O) groups is 1. The number of nitrogens with zero attached hydrogens (tertiary/aromatic N) is 3. The minimum atomic E-state index is -0.335. The van der Waals surface area contributed by atoms with Crippen LogP contribution in [0.2, 0.25) is 0 Å². The SMILES string of the molecule is COc1nnc(NC(=O)c2cnc(C)cc2-c2ccco2)s1. The van der Waals surface area contributed by atoms with Crippen LogP contribution in [0.15, 0.2) is 35.1 Å². The molecule has 3 aromatic heterocycles. The minimum absolute atomic E-state index is 0.335. The third-order valence-electron chi connectivity index (χ3n) is 2.87. The highest BCUT2D eigenvalue weighted by Crippen LogP contribution is 2.27. The van der Waals surface area contributed by atoms with Crippen molar-refractivity contribution in [1.29, 1.82) is 0 Å². The van der Waals surface area contributed by atoms with Gasteiger partial charge in [-0.1, -0.05) is 5.10 Å². The van der Waals surface area contributed by atoms with Gasteiger partial charge in [0.1, 0.15) is 5.76 Å². The number of pyridine rings is 1. The van der Waals surface area contributed by atoms with Gasteiger partial charge in [-0.3, -0.25) is 15.1 Å². The van der Waals surface area contributed by atoms with Crippen molar-refractivity contribution >= 4 is 22.4 Å². The van der Waals surface area contributed by atoms with Gasteiger partial charge in [0.25, 0.3) is 11.1 Å². The van der Waals surface area contributed by atoms with Crippen LogP contribution in [-0.2, 0) is 0 Å². The number of anilines is 1. The van der Waals surface area contributed by atoms with Crippen molar-refractivity contribution in [3.8, 4) is 16.5 Å². The Kier molecular flexibility index (Phi) is 3.84. The number of rotatable bonds is 4. The number of aryl methyl sites for hydroxylation is 1. The fourth-order valence-electron chi connectivity index (χ4n) is 1.88. The molecule has 0 bridgehead atoms. The van der Waals surface area contributed by atoms with Gasteiger partial charge < -0.3 is 9.15 Å². The molecule has 0 aliphatic heterocycles. The first-order chi connectivity index (χ1) is 10.7. The highest BCUT2D eigenvalue weighted by atomic mass is 32.1. The Morgan fingerprint density at radius 1 is 1.41 bits per heavy atom. The molecule has 0 saturated carbocycles. The second-order valence-electron chi connectivity index (χ2n) is 4.38. The highest BCUT2D eigenvalue weighted by Gasteiger charge is 2.17. The van der Waals surface area contributed by atoms with Gasteiger partial charge in [0, 0.05) is 17.5 Å². The molecule has 0 fully saturated rings. The summed E-state index contributed by atoms with van der Waals surface area (Å²) in [4.78, 5) is 16.6. The Morgan fingerprint density at radius 2 is 2.27 bits per heavy atom. The molecule has 0 spiro atoms. The van der Waals surface area contributed by atoms with Crippen LogP contribution >= 0.6 is 11.3 Å². The second-order valence-corrected chi connectivity index (χ2v) is 5.32. The molecule has 112 valence electrons. The molecule has 0 saturated heterocycles. The molecular formula is C14H12N4O3S. The summed E-state index contributed by atoms with van der Waals surface area (Å²) in [6.07, 6.45) is 3.07. The summed E-state index contributed by atoms with van der Waals surface area (Å²) in [6.45, 7) is 1.85. The summed E-state index contributed by atoms with van der Waals surface area (Å²) >= 11 is 1.14. The average molecular weight is 316 g/mol. The average Bonchev–Trinajstić information content (AvgIpc) is 3.18. The van der Waals surface area contributed by atoms with Crippen LogP contribution in [0.3, 0.4) is 0 Å². The van der Waals surface area contributed by atoms with Gasteiger partial charge >= 0.3 is 0 Å². The molecule has 3 aromatic rings. The normalized spacial score (nSPS) is 10.5. The summed E-state index contributed by atoms with van der Waals surface area (Å²) in [6, 6.07) is 5.36. The molecule has 0 aromatic carbocycles. The van der Waals surface area contributed by atoms with Crippen LogP contribution in [-0.4, -0.2) is 28.2 Å². The topological polar surface area (TPSA) is 90.1 Å². The summed E-state index contributed by atoms with van der Waals surface area (Å²) < 4.78 is 10.3. The Balaban J connectivity index is 1.92. The Labute approximate surface area is 130 Å². The number of aromatic nitrogens is 3. The molecule has 0 radical (unpaired) electrons. The second kappa shape index (κ2) is 5.94. The Bertz CT molecular complexity index is 798. The molecule has 0 atom stereocenters. The van der Waals surface area contributed by atoms with E-state index < -0.39 is 0 Å². The number of methoxy groups -OCH3 is 1. The zero-order valence-corrected chi connectivity index (χ0v) is 12.7. The summed E-state index contributed by atoms with van der Waals surface area (Å²) in [5.41, 5.74) is 1.86. The molecular weight excluding hydrogens is 304 g/mol. The number of hydrogen-bond donors (Lipinski definition) is 1. The van der Waals surface area contributed by atoms with Crippen LogP contribution < -0.4 is 10.1 Å². The van der Waals surface area contributed by atoms with Crippen LogP contribution in [0.4, 0.5) is 5.13 Å². The molecule has 1 N–H and O–H groups in total. The smallest absolute Gasteiger partial charge is 0.295 e. The number of furan rings is 1. The van der Waals surface area contributed by atoms with Crippen LogP contribution in [0.1, 0.15) is 16.1 Å². The summed E-state index contributed by atoms with van der Waals surface area (Å²) in [5, 5.41) is 11.0. The molecule has 8 heteroatoms. The van der Waals surface area contributed by atoms with Crippen molar-refractivity contribution in [2.45, 2.75) is 6.92 Å². The fraction of sp³-hybridized carbons (Fsp3) is 0.143. The van der Waals surface area contributed by atoms with E-state index in [1.165, 1.54) is 13.3 Å². The number of nitrogens with one attached hydrogen (secondary N) is 1. The Hall–Kier alpha value is -2.74. The molecule has 22 heavy (non-hydrogen) atoms. The molecule has 1 amide bonds. The van der Waals surface area contributed by atoms with E-state index in [9.17, 15) is 4.79 Å². The van der Waals surface area contributed by atoms with Gasteiger partial charge in [-0.15, -0.1) is 5.10 Å². The standard InChI is InChI=1S/C14H12N4O3S/c1-8-6-9(11-4-3-5-21-11)10(7-15-8)12(19)16-13-17-18-14(20-2)22-13/h3-7H,1-2H3,(H,16,17,19). The van der Waals surface area contributed by atoms with Crippen LogP contribution in [0.5, 0.6) is 5.19 Å².